The van der Waals surface area contributed by atoms with E-state index < -0.39 is 35.8 Å². The van der Waals surface area contributed by atoms with Gasteiger partial charge in [0.25, 0.3) is 0 Å². The Morgan fingerprint density at radius 1 is 0.848 bits per heavy atom. The van der Waals surface area contributed by atoms with Crippen molar-refractivity contribution in [2.24, 2.45) is 35.1 Å². The van der Waals surface area contributed by atoms with Crippen LogP contribution in [0.1, 0.15) is 49.7 Å². The van der Waals surface area contributed by atoms with Crippen LogP contribution in [0.2, 0.25) is 0 Å². The maximum atomic E-state index is 14.2. The molecule has 0 aromatic heterocycles. The number of primary amides is 1. The normalized spacial score (nSPS) is 24.6. The lowest BCUT2D eigenvalue weighted by Crippen LogP contribution is -2.64. The van der Waals surface area contributed by atoms with Crippen molar-refractivity contribution in [1.29, 1.82) is 0 Å². The molecule has 4 aliphatic rings. The van der Waals surface area contributed by atoms with Crippen molar-refractivity contribution in [2.75, 3.05) is 18.6 Å². The summed E-state index contributed by atoms with van der Waals surface area (Å²) in [6.07, 6.45) is 8.53. The van der Waals surface area contributed by atoms with Gasteiger partial charge in [-0.3, -0.25) is 19.2 Å². The van der Waals surface area contributed by atoms with Crippen molar-refractivity contribution in [2.45, 2.75) is 75.5 Å². The highest BCUT2D eigenvalue weighted by molar-refractivity contribution is 7.98. The number of amides is 4. The summed E-state index contributed by atoms with van der Waals surface area (Å²) in [5, 5.41) is 5.61. The molecule has 4 amide bonds. The van der Waals surface area contributed by atoms with Crippen LogP contribution in [0.15, 0.2) is 60.7 Å². The number of halogens is 1. The number of nitrogens with two attached hydrogens (primary N) is 2. The molecule has 11 heteroatoms. The van der Waals surface area contributed by atoms with E-state index in [-0.39, 0.29) is 30.9 Å². The zero-order valence-electron chi connectivity index (χ0n) is 26.5. The molecule has 4 bridgehead atoms. The number of hydrogen-bond donors (Lipinski definition) is 4. The van der Waals surface area contributed by atoms with Gasteiger partial charge in [0.2, 0.25) is 23.6 Å². The predicted molar refractivity (Wildman–Crippen MR) is 184 cm³/mol. The molecule has 2 aromatic rings. The fraction of sp³-hybridized carbons (Fsp3) is 0.543. The minimum atomic E-state index is -0.842. The number of rotatable bonds is 15. The molecule has 4 saturated carbocycles. The Hall–Kier alpha value is -3.08. The zero-order valence-corrected chi connectivity index (χ0v) is 28.1. The van der Waals surface area contributed by atoms with Crippen LogP contribution in [0.25, 0.3) is 0 Å². The number of benzene rings is 2. The van der Waals surface area contributed by atoms with E-state index in [0.29, 0.717) is 48.7 Å². The summed E-state index contributed by atoms with van der Waals surface area (Å²) >= 11 is 1.57. The number of nitrogens with one attached hydrogen (secondary N) is 2. The monoisotopic (exact) mass is 669 g/mol. The van der Waals surface area contributed by atoms with Crippen molar-refractivity contribution < 1.29 is 19.2 Å². The van der Waals surface area contributed by atoms with E-state index in [4.69, 9.17) is 11.5 Å². The van der Waals surface area contributed by atoms with Gasteiger partial charge in [-0.1, -0.05) is 60.7 Å². The van der Waals surface area contributed by atoms with Crippen LogP contribution in [0, 0.1) is 23.7 Å². The lowest BCUT2D eigenvalue weighted by molar-refractivity contribution is -0.153. The second-order valence-electron chi connectivity index (χ2n) is 13.2. The van der Waals surface area contributed by atoms with Gasteiger partial charge < -0.3 is 27.0 Å². The molecule has 4 fully saturated rings. The largest absolute Gasteiger partial charge is 0.368 e. The lowest BCUT2D eigenvalue weighted by Gasteiger charge is -2.58. The fourth-order valence-corrected chi connectivity index (χ4v) is 8.66. The van der Waals surface area contributed by atoms with Crippen LogP contribution >= 0.6 is 24.2 Å². The van der Waals surface area contributed by atoms with Gasteiger partial charge in [-0.05, 0) is 91.8 Å². The molecule has 2 aromatic carbocycles. The van der Waals surface area contributed by atoms with E-state index in [2.05, 4.69) is 10.6 Å². The smallest absolute Gasteiger partial charge is 0.243 e. The van der Waals surface area contributed by atoms with Crippen molar-refractivity contribution in [1.82, 2.24) is 15.5 Å². The fourth-order valence-electron chi connectivity index (χ4n) is 8.19. The minimum Gasteiger partial charge on any atom is -0.368 e. The van der Waals surface area contributed by atoms with Gasteiger partial charge in [-0.2, -0.15) is 11.8 Å². The molecule has 46 heavy (non-hydrogen) atoms. The van der Waals surface area contributed by atoms with Crippen molar-refractivity contribution in [3.05, 3.63) is 71.8 Å². The summed E-state index contributed by atoms with van der Waals surface area (Å²) in [4.78, 5) is 55.4. The lowest BCUT2D eigenvalue weighted by atomic mass is 9.53. The number of carbonyl (C=O) groups excluding carboxylic acids is 4. The van der Waals surface area contributed by atoms with Crippen molar-refractivity contribution in [3.8, 4) is 0 Å². The van der Waals surface area contributed by atoms with Crippen LogP contribution < -0.4 is 22.1 Å². The topological polar surface area (TPSA) is 148 Å². The Balaban J connectivity index is 0.00000480. The molecule has 3 atom stereocenters. The average Bonchev–Trinajstić information content (AvgIpc) is 3.03. The second-order valence-corrected chi connectivity index (χ2v) is 14.2. The van der Waals surface area contributed by atoms with Gasteiger partial charge in [0.05, 0.1) is 12.6 Å². The highest BCUT2D eigenvalue weighted by Gasteiger charge is 2.52. The Morgan fingerprint density at radius 2 is 1.39 bits per heavy atom. The highest BCUT2D eigenvalue weighted by Crippen LogP contribution is 2.55. The first kappa shape index (κ1) is 35.8. The van der Waals surface area contributed by atoms with Crippen LogP contribution in [-0.4, -0.2) is 71.2 Å². The van der Waals surface area contributed by atoms with Gasteiger partial charge in [-0.15, -0.1) is 12.4 Å². The maximum Gasteiger partial charge on any atom is 0.243 e. The number of hydrogen-bond acceptors (Lipinski definition) is 6. The number of nitrogens with zero attached hydrogens (tertiary/aromatic N) is 1. The minimum absolute atomic E-state index is 0. The van der Waals surface area contributed by atoms with Gasteiger partial charge >= 0.3 is 0 Å². The van der Waals surface area contributed by atoms with Gasteiger partial charge in [0.15, 0.2) is 0 Å². The third kappa shape index (κ3) is 8.83. The summed E-state index contributed by atoms with van der Waals surface area (Å²) in [5.74, 6) is 0.976. The first-order valence-electron chi connectivity index (χ1n) is 16.2. The maximum absolute atomic E-state index is 14.2. The summed E-state index contributed by atoms with van der Waals surface area (Å²) in [6.45, 7) is -0.276. The summed E-state index contributed by atoms with van der Waals surface area (Å²) in [5.41, 5.74) is 14.1. The Bertz CT molecular complexity index is 1300. The zero-order chi connectivity index (χ0) is 31.9. The van der Waals surface area contributed by atoms with Gasteiger partial charge in [0, 0.05) is 12.5 Å². The van der Waals surface area contributed by atoms with Crippen LogP contribution in [0.4, 0.5) is 0 Å². The Labute approximate surface area is 282 Å². The van der Waals surface area contributed by atoms with Crippen molar-refractivity contribution >= 4 is 47.8 Å². The Kier molecular flexibility index (Phi) is 13.0. The van der Waals surface area contributed by atoms with E-state index in [0.717, 1.165) is 36.8 Å². The van der Waals surface area contributed by atoms with Gasteiger partial charge in [0.1, 0.15) is 12.1 Å². The van der Waals surface area contributed by atoms with E-state index >= 15 is 0 Å². The quantitative estimate of drug-likeness (QED) is 0.229. The molecule has 0 radical (unpaired) electrons. The average molecular weight is 670 g/mol. The molecule has 4 aliphatic carbocycles. The molecule has 9 nitrogen and oxygen atoms in total. The van der Waals surface area contributed by atoms with E-state index in [1.165, 1.54) is 6.42 Å². The molecular formula is C35H48ClN5O4S. The number of thioether (sulfide) groups is 1. The number of carbonyl (C=O) groups is 4. The predicted octanol–water partition coefficient (Wildman–Crippen LogP) is 3.08. The molecule has 6 rings (SSSR count). The molecule has 6 N–H and O–H groups in total. The highest BCUT2D eigenvalue weighted by atomic mass is 35.5. The molecule has 0 unspecified atom stereocenters. The Morgan fingerprint density at radius 3 is 1.91 bits per heavy atom. The van der Waals surface area contributed by atoms with E-state index in [1.54, 1.807) is 16.7 Å². The van der Waals surface area contributed by atoms with Crippen molar-refractivity contribution in [3.63, 3.8) is 0 Å². The molecule has 0 aliphatic heterocycles. The van der Waals surface area contributed by atoms with Crippen LogP contribution in [-0.2, 0) is 32.0 Å². The molecule has 250 valence electrons. The summed E-state index contributed by atoms with van der Waals surface area (Å²) in [6, 6.07) is 16.6. The summed E-state index contributed by atoms with van der Waals surface area (Å²) < 4.78 is 0. The standard InChI is InChI=1S/C35H47N5O4S.ClH/c1-45-13-12-29(39-34(43)28(36)19-22-8-4-2-5-9-22)35(44)38-21-31(41)40(30(33(37)42)20-23-10-6-3-7-11-23)32-26-15-24-14-25(17-26)18-27(32)16-24;/h2-11,24-30,32H,12-21,36H2,1H3,(H2,37,42)(H,38,44)(H,39,43);1H/t24?,25?,26?,27?,28-,29-,30+,32?;/m1./s1. The third-order valence-electron chi connectivity index (χ3n) is 10.0. The van der Waals surface area contributed by atoms with Gasteiger partial charge in [-0.25, -0.2) is 0 Å². The molecular weight excluding hydrogens is 622 g/mol. The molecule has 0 heterocycles. The SMILES string of the molecule is CSCC[C@@H](NC(=O)[C@H](N)Cc1ccccc1)C(=O)NCC(=O)N(C1C2CC3CC(C2)CC1C3)[C@@H](Cc1ccccc1)C(N)=O.Cl. The third-order valence-corrected chi connectivity index (χ3v) is 10.7. The molecule has 0 spiro atoms. The first-order chi connectivity index (χ1) is 21.7. The molecule has 0 saturated heterocycles. The first-order valence-corrected chi connectivity index (χ1v) is 17.6. The van der Waals surface area contributed by atoms with Crippen LogP contribution in [0.3, 0.4) is 0 Å². The van der Waals surface area contributed by atoms with E-state index in [1.807, 2.05) is 66.9 Å². The van der Waals surface area contributed by atoms with E-state index in [9.17, 15) is 19.2 Å². The van der Waals surface area contributed by atoms with Crippen LogP contribution in [0.5, 0.6) is 0 Å². The summed E-state index contributed by atoms with van der Waals surface area (Å²) in [7, 11) is 0. The second kappa shape index (κ2) is 16.7.